The number of benzene rings is 1. The Morgan fingerprint density at radius 1 is 1.06 bits per heavy atom. The highest BCUT2D eigenvalue weighted by molar-refractivity contribution is 7.99. The normalized spacial score (nSPS) is 10.6. The first-order valence-electron chi connectivity index (χ1n) is 10.0. The second kappa shape index (κ2) is 11.2. The maximum atomic E-state index is 12.6. The highest BCUT2D eigenvalue weighted by Gasteiger charge is 2.27. The van der Waals surface area contributed by atoms with Crippen molar-refractivity contribution in [3.8, 4) is 5.75 Å². The van der Waals surface area contributed by atoms with Gasteiger partial charge < -0.3 is 24.1 Å². The molecule has 0 radical (unpaired) electrons. The van der Waals surface area contributed by atoms with Gasteiger partial charge in [-0.2, -0.15) is 0 Å². The van der Waals surface area contributed by atoms with Crippen LogP contribution in [0.2, 0.25) is 0 Å². The van der Waals surface area contributed by atoms with Gasteiger partial charge in [-0.05, 0) is 30.2 Å². The zero-order valence-electron chi connectivity index (χ0n) is 19.3. The molecule has 34 heavy (non-hydrogen) atoms. The quantitative estimate of drug-likeness (QED) is 0.346. The predicted molar refractivity (Wildman–Crippen MR) is 128 cm³/mol. The van der Waals surface area contributed by atoms with Gasteiger partial charge in [0.2, 0.25) is 5.91 Å². The first-order valence-corrected chi connectivity index (χ1v) is 11.8. The van der Waals surface area contributed by atoms with Crippen molar-refractivity contribution in [2.45, 2.75) is 18.5 Å². The molecule has 1 aromatic carbocycles. The summed E-state index contributed by atoms with van der Waals surface area (Å²) in [6, 6.07) is 7.68. The lowest BCUT2D eigenvalue weighted by molar-refractivity contribution is -0.113. The van der Waals surface area contributed by atoms with Gasteiger partial charge in [-0.3, -0.25) is 4.79 Å². The van der Waals surface area contributed by atoms with Gasteiger partial charge in [-0.1, -0.05) is 23.9 Å². The van der Waals surface area contributed by atoms with Gasteiger partial charge in [0.25, 0.3) is 0 Å². The number of hydrogen-bond donors (Lipinski definition) is 1. The minimum atomic E-state index is -0.650. The molecule has 0 aliphatic carbocycles. The first kappa shape index (κ1) is 25.2. The molecule has 2 aromatic heterocycles. The van der Waals surface area contributed by atoms with E-state index in [1.807, 2.05) is 35.9 Å². The molecule has 180 valence electrons. The van der Waals surface area contributed by atoms with Gasteiger partial charge >= 0.3 is 11.9 Å². The van der Waals surface area contributed by atoms with E-state index in [2.05, 4.69) is 15.5 Å². The molecule has 1 N–H and O–H groups in total. The molecule has 12 heteroatoms. The van der Waals surface area contributed by atoms with Crippen LogP contribution in [0.3, 0.4) is 0 Å². The Labute approximate surface area is 204 Å². The number of ether oxygens (including phenoxy) is 3. The van der Waals surface area contributed by atoms with Crippen molar-refractivity contribution in [1.29, 1.82) is 0 Å². The summed E-state index contributed by atoms with van der Waals surface area (Å²) in [6.45, 7) is 1.60. The molecular weight excluding hydrogens is 480 g/mol. The van der Waals surface area contributed by atoms with E-state index in [0.717, 1.165) is 28.5 Å². The molecule has 0 bridgehead atoms. The third kappa shape index (κ3) is 5.57. The molecule has 1 amide bonds. The molecule has 2 heterocycles. The number of anilines is 1. The van der Waals surface area contributed by atoms with Crippen LogP contribution >= 0.6 is 23.1 Å². The van der Waals surface area contributed by atoms with Gasteiger partial charge in [0, 0.05) is 13.5 Å². The molecule has 0 aliphatic rings. The number of hydrogen-bond acceptors (Lipinski definition) is 10. The van der Waals surface area contributed by atoms with E-state index in [9.17, 15) is 14.4 Å². The lowest BCUT2D eigenvalue weighted by Crippen LogP contribution is -2.16. The highest BCUT2D eigenvalue weighted by atomic mass is 32.2. The standard InChI is InChI=1S/C22H24N4O6S2/c1-12-17(20(28)31-4)19(34-18(12)21(29)32-5)23-16(27)11-33-22-25-24-15(26(22)2)10-13-6-8-14(30-3)9-7-13/h6-9H,10-11H2,1-5H3,(H,23,27). The first-order chi connectivity index (χ1) is 16.3. The van der Waals surface area contributed by atoms with Gasteiger partial charge in [0.05, 0.1) is 32.6 Å². The fourth-order valence-corrected chi connectivity index (χ4v) is 4.94. The molecule has 10 nitrogen and oxygen atoms in total. The monoisotopic (exact) mass is 504 g/mol. The van der Waals surface area contributed by atoms with Crippen LogP contribution in [0.15, 0.2) is 29.4 Å². The molecule has 0 saturated carbocycles. The number of aromatic nitrogens is 3. The minimum absolute atomic E-state index is 0.0274. The van der Waals surface area contributed by atoms with Crippen molar-refractivity contribution in [2.75, 3.05) is 32.4 Å². The zero-order chi connectivity index (χ0) is 24.8. The van der Waals surface area contributed by atoms with Crippen LogP contribution in [0.5, 0.6) is 5.75 Å². The van der Waals surface area contributed by atoms with Crippen molar-refractivity contribution in [3.05, 3.63) is 51.7 Å². The summed E-state index contributed by atoms with van der Waals surface area (Å²) in [4.78, 5) is 37.1. The maximum absolute atomic E-state index is 12.6. The summed E-state index contributed by atoms with van der Waals surface area (Å²) in [6.07, 6.45) is 0.577. The van der Waals surface area contributed by atoms with Crippen LogP contribution in [0, 0.1) is 6.92 Å². The number of rotatable bonds is 9. The van der Waals surface area contributed by atoms with Crippen LogP contribution in [0.25, 0.3) is 0 Å². The molecule has 3 aromatic rings. The fraction of sp³-hybridized carbons (Fsp3) is 0.318. The van der Waals surface area contributed by atoms with Crippen LogP contribution in [-0.4, -0.2) is 59.7 Å². The predicted octanol–water partition coefficient (Wildman–Crippen LogP) is 3.09. The van der Waals surface area contributed by atoms with E-state index < -0.39 is 11.9 Å². The third-order valence-electron chi connectivity index (χ3n) is 4.94. The summed E-state index contributed by atoms with van der Waals surface area (Å²) in [5, 5.41) is 11.9. The van der Waals surface area contributed by atoms with E-state index in [0.29, 0.717) is 17.1 Å². The Bertz CT molecular complexity index is 1200. The van der Waals surface area contributed by atoms with E-state index in [4.69, 9.17) is 14.2 Å². The van der Waals surface area contributed by atoms with Crippen LogP contribution < -0.4 is 10.1 Å². The number of thiophene rings is 1. The van der Waals surface area contributed by atoms with Crippen LogP contribution in [0.4, 0.5) is 5.00 Å². The average Bonchev–Trinajstić information content (AvgIpc) is 3.36. The van der Waals surface area contributed by atoms with Gasteiger partial charge in [0.1, 0.15) is 21.5 Å². The molecule has 0 fully saturated rings. The summed E-state index contributed by atoms with van der Waals surface area (Å²) in [5.74, 6) is -0.0573. The Balaban J connectivity index is 1.67. The highest BCUT2D eigenvalue weighted by Crippen LogP contribution is 2.34. The van der Waals surface area contributed by atoms with Crippen LogP contribution in [-0.2, 0) is 27.7 Å². The summed E-state index contributed by atoms with van der Waals surface area (Å²) in [7, 11) is 5.93. The summed E-state index contributed by atoms with van der Waals surface area (Å²) >= 11 is 2.17. The smallest absolute Gasteiger partial charge is 0.348 e. The van der Waals surface area contributed by atoms with Crippen molar-refractivity contribution >= 4 is 45.9 Å². The van der Waals surface area contributed by atoms with E-state index in [1.165, 1.54) is 26.0 Å². The fourth-order valence-electron chi connectivity index (χ4n) is 3.08. The van der Waals surface area contributed by atoms with E-state index in [1.54, 1.807) is 14.0 Å². The Kier molecular flexibility index (Phi) is 8.29. The Morgan fingerprint density at radius 2 is 1.74 bits per heavy atom. The molecule has 3 rings (SSSR count). The zero-order valence-corrected chi connectivity index (χ0v) is 21.0. The Morgan fingerprint density at radius 3 is 2.35 bits per heavy atom. The number of esters is 2. The minimum Gasteiger partial charge on any atom is -0.497 e. The maximum Gasteiger partial charge on any atom is 0.348 e. The average molecular weight is 505 g/mol. The number of carbonyl (C=O) groups excluding carboxylic acids is 3. The second-order valence-corrected chi connectivity index (χ2v) is 9.03. The summed E-state index contributed by atoms with van der Waals surface area (Å²) < 4.78 is 16.6. The van der Waals surface area contributed by atoms with Crippen LogP contribution in [0.1, 0.15) is 37.0 Å². The number of methoxy groups -OCH3 is 3. The molecule has 0 atom stereocenters. The van der Waals surface area contributed by atoms with Gasteiger partial charge in [-0.25, -0.2) is 9.59 Å². The van der Waals surface area contributed by atoms with E-state index >= 15 is 0 Å². The van der Waals surface area contributed by atoms with Crippen molar-refractivity contribution in [1.82, 2.24) is 14.8 Å². The van der Waals surface area contributed by atoms with Gasteiger partial charge in [0.15, 0.2) is 5.16 Å². The van der Waals surface area contributed by atoms with Crippen molar-refractivity contribution in [2.24, 2.45) is 7.05 Å². The molecular formula is C22H24N4O6S2. The molecule has 0 aliphatic heterocycles. The molecule has 0 saturated heterocycles. The number of nitrogens with one attached hydrogen (secondary N) is 1. The topological polar surface area (TPSA) is 122 Å². The molecule has 0 spiro atoms. The lowest BCUT2D eigenvalue weighted by atomic mass is 10.1. The SMILES string of the molecule is COC(=O)c1sc(NC(=O)CSc2nnc(Cc3ccc(OC)cc3)n2C)c(C(=O)OC)c1C. The molecule has 0 unspecified atom stereocenters. The van der Waals surface area contributed by atoms with E-state index in [-0.39, 0.29) is 27.1 Å². The van der Waals surface area contributed by atoms with Crippen molar-refractivity contribution in [3.63, 3.8) is 0 Å². The number of thioether (sulfide) groups is 1. The number of nitrogens with zero attached hydrogens (tertiary/aromatic N) is 3. The van der Waals surface area contributed by atoms with Gasteiger partial charge in [-0.15, -0.1) is 21.5 Å². The number of carbonyl (C=O) groups is 3. The second-order valence-electron chi connectivity index (χ2n) is 7.06. The summed E-state index contributed by atoms with van der Waals surface area (Å²) in [5.41, 5.74) is 1.57. The largest absolute Gasteiger partial charge is 0.497 e. The third-order valence-corrected chi connectivity index (χ3v) is 7.15. The number of amides is 1. The Hall–Kier alpha value is -3.38. The van der Waals surface area contributed by atoms with Crippen molar-refractivity contribution < 1.29 is 28.6 Å². The lowest BCUT2D eigenvalue weighted by Gasteiger charge is -2.07.